The van der Waals surface area contributed by atoms with Crippen LogP contribution in [0.1, 0.15) is 31.9 Å². The lowest BCUT2D eigenvalue weighted by Gasteiger charge is -2.06. The highest BCUT2D eigenvalue weighted by atomic mass is 16.5. The molecule has 0 atom stereocenters. The van der Waals surface area contributed by atoms with E-state index in [0.717, 1.165) is 38.3 Å². The van der Waals surface area contributed by atoms with Crippen molar-refractivity contribution in [1.82, 2.24) is 9.55 Å². The van der Waals surface area contributed by atoms with Crippen LogP contribution in [-0.4, -0.2) is 27.9 Å². The van der Waals surface area contributed by atoms with Gasteiger partial charge < -0.3 is 14.4 Å². The van der Waals surface area contributed by atoms with Crippen LogP contribution in [0.15, 0.2) is 12.5 Å². The molecule has 1 aromatic heterocycles. The molecule has 1 rings (SSSR count). The summed E-state index contributed by atoms with van der Waals surface area (Å²) >= 11 is 0. The van der Waals surface area contributed by atoms with Crippen molar-refractivity contribution in [3.05, 3.63) is 18.2 Å². The summed E-state index contributed by atoms with van der Waals surface area (Å²) in [5, 5.41) is 8.99. The molecule has 86 valence electrons. The van der Waals surface area contributed by atoms with E-state index in [2.05, 4.69) is 11.9 Å². The van der Waals surface area contributed by atoms with Crippen LogP contribution in [-0.2, 0) is 17.9 Å². The Balaban J connectivity index is 2.09. The van der Waals surface area contributed by atoms with Gasteiger partial charge in [0.05, 0.1) is 24.8 Å². The summed E-state index contributed by atoms with van der Waals surface area (Å²) in [4.78, 5) is 3.98. The van der Waals surface area contributed by atoms with Crippen molar-refractivity contribution < 1.29 is 9.84 Å². The van der Waals surface area contributed by atoms with Gasteiger partial charge in [-0.3, -0.25) is 0 Å². The third-order valence-corrected chi connectivity index (χ3v) is 2.29. The van der Waals surface area contributed by atoms with Gasteiger partial charge in [0.15, 0.2) is 0 Å². The Morgan fingerprint density at radius 1 is 1.40 bits per heavy atom. The Morgan fingerprint density at radius 3 is 2.93 bits per heavy atom. The topological polar surface area (TPSA) is 47.3 Å². The molecular formula is C11H20N2O2. The highest BCUT2D eigenvalue weighted by Crippen LogP contribution is 2.00. The van der Waals surface area contributed by atoms with Crippen molar-refractivity contribution in [2.24, 2.45) is 0 Å². The minimum absolute atomic E-state index is 0.0523. The van der Waals surface area contributed by atoms with E-state index < -0.39 is 0 Å². The van der Waals surface area contributed by atoms with Gasteiger partial charge in [0.2, 0.25) is 0 Å². The molecule has 0 aliphatic carbocycles. The average molecular weight is 212 g/mol. The Hall–Kier alpha value is -0.870. The summed E-state index contributed by atoms with van der Waals surface area (Å²) < 4.78 is 7.41. The van der Waals surface area contributed by atoms with Crippen molar-refractivity contribution >= 4 is 0 Å². The zero-order chi connectivity index (χ0) is 10.9. The van der Waals surface area contributed by atoms with Crippen LogP contribution in [0.2, 0.25) is 0 Å². The lowest BCUT2D eigenvalue weighted by atomic mass is 10.3. The van der Waals surface area contributed by atoms with E-state index in [1.807, 2.05) is 4.57 Å². The first-order valence-electron chi connectivity index (χ1n) is 5.56. The molecule has 1 aromatic rings. The van der Waals surface area contributed by atoms with Gasteiger partial charge in [-0.25, -0.2) is 4.98 Å². The number of unbranched alkanes of at least 4 members (excludes halogenated alkanes) is 1. The molecule has 0 amide bonds. The molecule has 1 N–H and O–H groups in total. The molecule has 0 bridgehead atoms. The van der Waals surface area contributed by atoms with Crippen molar-refractivity contribution in [1.29, 1.82) is 0 Å². The van der Waals surface area contributed by atoms with Gasteiger partial charge >= 0.3 is 0 Å². The van der Waals surface area contributed by atoms with E-state index in [4.69, 9.17) is 9.84 Å². The molecule has 0 aliphatic rings. The number of rotatable bonds is 8. The summed E-state index contributed by atoms with van der Waals surface area (Å²) in [6.45, 7) is 4.71. The predicted molar refractivity (Wildman–Crippen MR) is 58.5 cm³/mol. The van der Waals surface area contributed by atoms with Gasteiger partial charge in [-0.1, -0.05) is 13.3 Å². The van der Waals surface area contributed by atoms with E-state index in [9.17, 15) is 0 Å². The number of aliphatic hydroxyl groups excluding tert-OH is 1. The summed E-state index contributed by atoms with van der Waals surface area (Å²) in [6, 6.07) is 0. The SMILES string of the molecule is CCCCOCCCn1cncc1CO. The van der Waals surface area contributed by atoms with Crippen LogP contribution in [0.5, 0.6) is 0 Å². The molecule has 0 saturated heterocycles. The fourth-order valence-electron chi connectivity index (χ4n) is 1.37. The van der Waals surface area contributed by atoms with Crippen LogP contribution in [0.3, 0.4) is 0 Å². The summed E-state index contributed by atoms with van der Waals surface area (Å²) in [7, 11) is 0. The van der Waals surface area contributed by atoms with Crippen LogP contribution >= 0.6 is 0 Å². The van der Waals surface area contributed by atoms with Crippen molar-refractivity contribution in [3.63, 3.8) is 0 Å². The van der Waals surface area contributed by atoms with E-state index in [0.29, 0.717) is 0 Å². The Kier molecular flexibility index (Phi) is 6.04. The highest BCUT2D eigenvalue weighted by Gasteiger charge is 1.99. The van der Waals surface area contributed by atoms with Crippen LogP contribution in [0, 0.1) is 0 Å². The molecule has 4 nitrogen and oxygen atoms in total. The van der Waals surface area contributed by atoms with E-state index in [1.54, 1.807) is 12.5 Å². The van der Waals surface area contributed by atoms with Crippen LogP contribution in [0.25, 0.3) is 0 Å². The normalized spacial score (nSPS) is 10.8. The second kappa shape index (κ2) is 7.43. The third-order valence-electron chi connectivity index (χ3n) is 2.29. The number of aryl methyl sites for hydroxylation is 1. The molecule has 0 saturated carbocycles. The Bertz CT molecular complexity index is 261. The first-order valence-corrected chi connectivity index (χ1v) is 5.56. The molecule has 0 aliphatic heterocycles. The van der Waals surface area contributed by atoms with E-state index in [1.165, 1.54) is 6.42 Å². The maximum absolute atomic E-state index is 8.99. The molecule has 0 radical (unpaired) electrons. The third kappa shape index (κ3) is 4.44. The maximum Gasteiger partial charge on any atom is 0.0948 e. The molecule has 4 heteroatoms. The minimum Gasteiger partial charge on any atom is -0.390 e. The lowest BCUT2D eigenvalue weighted by molar-refractivity contribution is 0.125. The number of nitrogens with zero attached hydrogens (tertiary/aromatic N) is 2. The van der Waals surface area contributed by atoms with Gasteiger partial charge in [0, 0.05) is 19.8 Å². The number of ether oxygens (including phenoxy) is 1. The quantitative estimate of drug-likeness (QED) is 0.665. The first kappa shape index (κ1) is 12.2. The van der Waals surface area contributed by atoms with Gasteiger partial charge in [0.1, 0.15) is 0 Å². The zero-order valence-electron chi connectivity index (χ0n) is 9.35. The highest BCUT2D eigenvalue weighted by molar-refractivity contribution is 4.95. The number of imidazole rings is 1. The second-order valence-electron chi connectivity index (χ2n) is 3.56. The summed E-state index contributed by atoms with van der Waals surface area (Å²) in [6.07, 6.45) is 6.71. The summed E-state index contributed by atoms with van der Waals surface area (Å²) in [5.41, 5.74) is 0.864. The standard InChI is InChI=1S/C11H20N2O2/c1-2-3-6-15-7-4-5-13-10-12-8-11(13)9-14/h8,10,14H,2-7,9H2,1H3. The van der Waals surface area contributed by atoms with Crippen LogP contribution < -0.4 is 0 Å². The Morgan fingerprint density at radius 2 is 2.20 bits per heavy atom. The fraction of sp³-hybridized carbons (Fsp3) is 0.727. The number of aromatic nitrogens is 2. The molecule has 15 heavy (non-hydrogen) atoms. The van der Waals surface area contributed by atoms with Crippen molar-refractivity contribution in [2.75, 3.05) is 13.2 Å². The predicted octanol–water partition coefficient (Wildman–Crippen LogP) is 1.58. The fourth-order valence-corrected chi connectivity index (χ4v) is 1.37. The molecule has 0 aromatic carbocycles. The first-order chi connectivity index (χ1) is 7.38. The summed E-state index contributed by atoms with van der Waals surface area (Å²) in [5.74, 6) is 0. The second-order valence-corrected chi connectivity index (χ2v) is 3.56. The molecule has 1 heterocycles. The molecule has 0 fully saturated rings. The maximum atomic E-state index is 8.99. The molecular weight excluding hydrogens is 192 g/mol. The Labute approximate surface area is 90.9 Å². The zero-order valence-corrected chi connectivity index (χ0v) is 9.35. The van der Waals surface area contributed by atoms with Gasteiger partial charge in [-0.15, -0.1) is 0 Å². The van der Waals surface area contributed by atoms with Gasteiger partial charge in [-0.2, -0.15) is 0 Å². The molecule has 0 unspecified atom stereocenters. The van der Waals surface area contributed by atoms with Crippen molar-refractivity contribution in [2.45, 2.75) is 39.3 Å². The van der Waals surface area contributed by atoms with Crippen molar-refractivity contribution in [3.8, 4) is 0 Å². The lowest BCUT2D eigenvalue weighted by Crippen LogP contribution is -2.05. The van der Waals surface area contributed by atoms with Gasteiger partial charge in [-0.05, 0) is 12.8 Å². The molecule has 0 spiro atoms. The van der Waals surface area contributed by atoms with Crippen LogP contribution in [0.4, 0.5) is 0 Å². The number of hydrogen-bond donors (Lipinski definition) is 1. The van der Waals surface area contributed by atoms with E-state index >= 15 is 0 Å². The number of hydrogen-bond acceptors (Lipinski definition) is 3. The minimum atomic E-state index is 0.0523. The van der Waals surface area contributed by atoms with Gasteiger partial charge in [0.25, 0.3) is 0 Å². The monoisotopic (exact) mass is 212 g/mol. The average Bonchev–Trinajstić information content (AvgIpc) is 2.70. The largest absolute Gasteiger partial charge is 0.390 e. The smallest absolute Gasteiger partial charge is 0.0948 e. The van der Waals surface area contributed by atoms with E-state index in [-0.39, 0.29) is 6.61 Å². The number of aliphatic hydroxyl groups is 1.